The molecule has 2 aromatic heterocycles. The molecule has 3 aromatic rings. The maximum atomic E-state index is 12.6. The van der Waals surface area contributed by atoms with Crippen molar-refractivity contribution in [2.75, 3.05) is 0 Å². The van der Waals surface area contributed by atoms with Gasteiger partial charge in [0.15, 0.2) is 0 Å². The molecule has 5 rings (SSSR count). The summed E-state index contributed by atoms with van der Waals surface area (Å²) in [5.74, 6) is 1.49. The summed E-state index contributed by atoms with van der Waals surface area (Å²) in [4.78, 5) is 22.4. The van der Waals surface area contributed by atoms with E-state index in [4.69, 9.17) is 14.4 Å². The highest BCUT2D eigenvalue weighted by Crippen LogP contribution is 2.55. The van der Waals surface area contributed by atoms with E-state index in [1.807, 2.05) is 13.0 Å². The van der Waals surface area contributed by atoms with Gasteiger partial charge in [0.2, 0.25) is 0 Å². The van der Waals surface area contributed by atoms with Crippen molar-refractivity contribution in [1.29, 1.82) is 0 Å². The summed E-state index contributed by atoms with van der Waals surface area (Å²) in [7, 11) is 0. The third kappa shape index (κ3) is 2.40. The predicted molar refractivity (Wildman–Crippen MR) is 107 cm³/mol. The van der Waals surface area contributed by atoms with Gasteiger partial charge in [-0.1, -0.05) is 37.3 Å². The molecule has 0 bridgehead atoms. The van der Waals surface area contributed by atoms with Gasteiger partial charge in [0, 0.05) is 28.9 Å². The zero-order valence-corrected chi connectivity index (χ0v) is 16.3. The average molecular weight is 372 g/mol. The summed E-state index contributed by atoms with van der Waals surface area (Å²) in [6, 6.07) is 12.6. The number of aromatic nitrogens is 2. The number of benzene rings is 1. The summed E-state index contributed by atoms with van der Waals surface area (Å²) in [5, 5.41) is 0. The number of fused-ring (bicyclic) bond motifs is 3. The molecular weight excluding hydrogens is 348 g/mol. The monoisotopic (exact) mass is 372 g/mol. The Morgan fingerprint density at radius 3 is 2.68 bits per heavy atom. The van der Waals surface area contributed by atoms with E-state index in [2.05, 4.69) is 37.3 Å². The zero-order valence-electron chi connectivity index (χ0n) is 16.3. The van der Waals surface area contributed by atoms with Gasteiger partial charge < -0.3 is 4.42 Å². The molecule has 1 aromatic carbocycles. The Morgan fingerprint density at radius 1 is 1.11 bits per heavy atom. The second-order valence-corrected chi connectivity index (χ2v) is 8.20. The first-order valence-electron chi connectivity index (χ1n) is 10.1. The molecule has 0 saturated heterocycles. The molecule has 3 atom stereocenters. The predicted octanol–water partition coefficient (Wildman–Crippen LogP) is 4.89. The number of nitrogens with zero attached hydrogens (tertiary/aromatic N) is 2. The third-order valence-corrected chi connectivity index (χ3v) is 6.84. The maximum absolute atomic E-state index is 12.6. The zero-order chi connectivity index (χ0) is 19.3. The molecule has 0 aliphatic heterocycles. The van der Waals surface area contributed by atoms with Crippen molar-refractivity contribution in [3.8, 4) is 11.3 Å². The number of ketones is 1. The van der Waals surface area contributed by atoms with Crippen LogP contribution in [0.5, 0.6) is 0 Å². The largest absolute Gasteiger partial charge is 0.472 e. The summed E-state index contributed by atoms with van der Waals surface area (Å²) in [6.07, 6.45) is 6.75. The maximum Gasteiger partial charge on any atom is 0.136 e. The smallest absolute Gasteiger partial charge is 0.136 e. The van der Waals surface area contributed by atoms with Crippen LogP contribution in [0.25, 0.3) is 11.3 Å². The molecule has 0 unspecified atom stereocenters. The van der Waals surface area contributed by atoms with Gasteiger partial charge in [-0.15, -0.1) is 0 Å². The van der Waals surface area contributed by atoms with Crippen LogP contribution in [0.4, 0.5) is 0 Å². The average Bonchev–Trinajstić information content (AvgIpc) is 3.25. The van der Waals surface area contributed by atoms with Gasteiger partial charge in [0.05, 0.1) is 23.9 Å². The van der Waals surface area contributed by atoms with Gasteiger partial charge in [0.25, 0.3) is 0 Å². The van der Waals surface area contributed by atoms with Crippen LogP contribution in [0.3, 0.4) is 0 Å². The van der Waals surface area contributed by atoms with Crippen molar-refractivity contribution >= 4 is 5.78 Å². The van der Waals surface area contributed by atoms with Crippen LogP contribution in [0.15, 0.2) is 53.3 Å². The minimum absolute atomic E-state index is 0.0507. The Hall–Kier alpha value is -2.75. The topological polar surface area (TPSA) is 56.0 Å². The molecule has 0 amide bonds. The van der Waals surface area contributed by atoms with Crippen LogP contribution in [0.1, 0.15) is 48.8 Å². The fraction of sp³-hybridized carbons (Fsp3) is 0.375. The van der Waals surface area contributed by atoms with Crippen LogP contribution in [-0.2, 0) is 16.6 Å². The lowest BCUT2D eigenvalue weighted by atomic mass is 9.52. The Bertz CT molecular complexity index is 1030. The van der Waals surface area contributed by atoms with Crippen LogP contribution in [0, 0.1) is 18.8 Å². The van der Waals surface area contributed by atoms with Crippen LogP contribution < -0.4 is 0 Å². The molecule has 2 aliphatic carbocycles. The van der Waals surface area contributed by atoms with Crippen molar-refractivity contribution in [2.24, 2.45) is 11.8 Å². The number of hydrogen-bond acceptors (Lipinski definition) is 4. The van der Waals surface area contributed by atoms with Gasteiger partial charge in [0.1, 0.15) is 11.6 Å². The highest BCUT2D eigenvalue weighted by molar-refractivity contribution is 5.83. The second-order valence-electron chi connectivity index (χ2n) is 8.20. The molecule has 1 saturated carbocycles. The van der Waals surface area contributed by atoms with E-state index in [1.165, 1.54) is 11.1 Å². The standard InChI is InChI=1S/C24H24N2O2/c1-15-20-9-8-19-22(17-11-13-28-14-17)25-16(2)26-23(19)24(20,12-10-21(15)27)18-6-4-3-5-7-18/h3-7,11,13-15,20H,8-10,12H2,1-2H3/t15-,20-,24+/m0/s1. The van der Waals surface area contributed by atoms with E-state index in [-0.39, 0.29) is 17.3 Å². The molecular formula is C24H24N2O2. The van der Waals surface area contributed by atoms with E-state index in [0.717, 1.165) is 42.0 Å². The van der Waals surface area contributed by atoms with E-state index >= 15 is 0 Å². The van der Waals surface area contributed by atoms with Crippen LogP contribution in [0.2, 0.25) is 0 Å². The lowest BCUT2D eigenvalue weighted by molar-refractivity contribution is -0.128. The van der Waals surface area contributed by atoms with E-state index in [9.17, 15) is 4.79 Å². The van der Waals surface area contributed by atoms with Crippen LogP contribution >= 0.6 is 0 Å². The number of hydrogen-bond donors (Lipinski definition) is 0. The Kier molecular flexibility index (Phi) is 3.97. The normalized spacial score (nSPS) is 26.6. The Labute approximate surface area is 165 Å². The SMILES string of the molecule is Cc1nc(-c2ccoc2)c2c(n1)[C@@]1(c3ccccc3)CCC(=O)[C@@H](C)[C@@H]1CC2. The molecule has 0 spiro atoms. The molecule has 4 heteroatoms. The molecule has 4 nitrogen and oxygen atoms in total. The van der Waals surface area contributed by atoms with E-state index in [0.29, 0.717) is 12.2 Å². The number of carbonyl (C=O) groups is 1. The molecule has 2 heterocycles. The first-order valence-corrected chi connectivity index (χ1v) is 10.1. The lowest BCUT2D eigenvalue weighted by Gasteiger charge is -2.50. The summed E-state index contributed by atoms with van der Waals surface area (Å²) >= 11 is 0. The molecule has 28 heavy (non-hydrogen) atoms. The molecule has 0 N–H and O–H groups in total. The molecule has 0 radical (unpaired) electrons. The number of furan rings is 1. The van der Waals surface area contributed by atoms with Crippen molar-refractivity contribution in [3.63, 3.8) is 0 Å². The Balaban J connectivity index is 1.81. The second kappa shape index (κ2) is 6.40. The first-order chi connectivity index (χ1) is 13.6. The number of Topliss-reactive ketones (excluding diaryl/α,β-unsaturated/α-hetero) is 1. The quantitative estimate of drug-likeness (QED) is 0.642. The number of carbonyl (C=O) groups excluding carboxylic acids is 1. The minimum atomic E-state index is -0.228. The fourth-order valence-electron chi connectivity index (χ4n) is 5.55. The Morgan fingerprint density at radius 2 is 1.93 bits per heavy atom. The van der Waals surface area contributed by atoms with Crippen molar-refractivity contribution in [3.05, 3.63) is 71.6 Å². The van der Waals surface area contributed by atoms with Gasteiger partial charge in [-0.25, -0.2) is 9.97 Å². The van der Waals surface area contributed by atoms with Crippen LogP contribution in [-0.4, -0.2) is 15.8 Å². The molecule has 1 fully saturated rings. The van der Waals surface area contributed by atoms with Crippen molar-refractivity contribution in [1.82, 2.24) is 9.97 Å². The first kappa shape index (κ1) is 17.4. The van der Waals surface area contributed by atoms with Gasteiger partial charge in [-0.05, 0) is 43.7 Å². The fourth-order valence-corrected chi connectivity index (χ4v) is 5.55. The number of aryl methyl sites for hydroxylation is 1. The van der Waals surface area contributed by atoms with E-state index < -0.39 is 0 Å². The third-order valence-electron chi connectivity index (χ3n) is 6.84. The number of rotatable bonds is 2. The molecule has 142 valence electrons. The molecule has 2 aliphatic rings. The summed E-state index contributed by atoms with van der Waals surface area (Å²) < 4.78 is 5.34. The highest BCUT2D eigenvalue weighted by atomic mass is 16.3. The highest BCUT2D eigenvalue weighted by Gasteiger charge is 2.53. The van der Waals surface area contributed by atoms with E-state index in [1.54, 1.807) is 12.5 Å². The lowest BCUT2D eigenvalue weighted by Crippen LogP contribution is -2.50. The van der Waals surface area contributed by atoms with Crippen molar-refractivity contribution in [2.45, 2.75) is 44.9 Å². The summed E-state index contributed by atoms with van der Waals surface area (Å²) in [5.41, 5.74) is 5.37. The van der Waals surface area contributed by atoms with Gasteiger partial charge >= 0.3 is 0 Å². The van der Waals surface area contributed by atoms with Gasteiger partial charge in [-0.3, -0.25) is 4.79 Å². The van der Waals surface area contributed by atoms with Crippen molar-refractivity contribution < 1.29 is 9.21 Å². The summed E-state index contributed by atoms with van der Waals surface area (Å²) in [6.45, 7) is 4.07. The minimum Gasteiger partial charge on any atom is -0.472 e. The van der Waals surface area contributed by atoms with Gasteiger partial charge in [-0.2, -0.15) is 0 Å².